The molecule has 1 unspecified atom stereocenters. The van der Waals surface area contributed by atoms with Crippen molar-refractivity contribution in [3.05, 3.63) is 35.4 Å². The van der Waals surface area contributed by atoms with Crippen LogP contribution in [-0.4, -0.2) is 24.2 Å². The highest BCUT2D eigenvalue weighted by Gasteiger charge is 2.15. The monoisotopic (exact) mass is 229 g/mol. The maximum absolute atomic E-state index is 13.2. The summed E-state index contributed by atoms with van der Waals surface area (Å²) < 4.78 is 26.0. The van der Waals surface area contributed by atoms with Crippen LogP contribution < -0.4 is 5.32 Å². The number of hydrogen-bond donors (Lipinski definition) is 2. The molecule has 0 aromatic heterocycles. The van der Waals surface area contributed by atoms with Gasteiger partial charge in [-0.05, 0) is 43.7 Å². The molecule has 5 heteroatoms. The van der Waals surface area contributed by atoms with Crippen LogP contribution >= 0.6 is 0 Å². The summed E-state index contributed by atoms with van der Waals surface area (Å²) in [6.45, 7) is 0. The van der Waals surface area contributed by atoms with Gasteiger partial charge in [0, 0.05) is 0 Å². The molecule has 1 atom stereocenters. The number of rotatable bonds is 5. The van der Waals surface area contributed by atoms with Crippen LogP contribution in [0, 0.1) is 11.6 Å². The lowest BCUT2D eigenvalue weighted by Crippen LogP contribution is -2.34. The van der Waals surface area contributed by atoms with Gasteiger partial charge in [-0.25, -0.2) is 8.78 Å². The van der Waals surface area contributed by atoms with Gasteiger partial charge in [0.2, 0.25) is 0 Å². The third-order valence-electron chi connectivity index (χ3n) is 2.36. The number of carboxylic acid groups (broad SMARTS) is 1. The lowest BCUT2D eigenvalue weighted by molar-refractivity contribution is -0.139. The fourth-order valence-corrected chi connectivity index (χ4v) is 1.43. The van der Waals surface area contributed by atoms with Gasteiger partial charge in [-0.2, -0.15) is 0 Å². The van der Waals surface area contributed by atoms with E-state index in [2.05, 4.69) is 5.32 Å². The molecule has 0 heterocycles. The SMILES string of the molecule is CNC(CCc1cc(F)ccc1F)C(=O)O. The fraction of sp³-hybridized carbons (Fsp3) is 0.364. The van der Waals surface area contributed by atoms with Crippen molar-refractivity contribution in [3.63, 3.8) is 0 Å². The van der Waals surface area contributed by atoms with Crippen LogP contribution in [0.5, 0.6) is 0 Å². The van der Waals surface area contributed by atoms with Crippen LogP contribution in [0.3, 0.4) is 0 Å². The summed E-state index contributed by atoms with van der Waals surface area (Å²) in [5.41, 5.74) is 0.196. The predicted octanol–water partition coefficient (Wildman–Crippen LogP) is 1.57. The summed E-state index contributed by atoms with van der Waals surface area (Å²) in [5, 5.41) is 11.3. The maximum Gasteiger partial charge on any atom is 0.320 e. The van der Waals surface area contributed by atoms with Gasteiger partial charge < -0.3 is 10.4 Å². The number of halogens is 2. The van der Waals surface area contributed by atoms with Crippen LogP contribution in [0.1, 0.15) is 12.0 Å². The number of likely N-dealkylation sites (N-methyl/N-ethyl adjacent to an activating group) is 1. The summed E-state index contributed by atoms with van der Waals surface area (Å²) in [4.78, 5) is 10.7. The molecule has 3 nitrogen and oxygen atoms in total. The van der Waals surface area contributed by atoms with E-state index in [1.165, 1.54) is 7.05 Å². The highest BCUT2D eigenvalue weighted by Crippen LogP contribution is 2.12. The zero-order valence-corrected chi connectivity index (χ0v) is 8.84. The lowest BCUT2D eigenvalue weighted by Gasteiger charge is -2.11. The molecule has 0 saturated heterocycles. The second-order valence-electron chi connectivity index (χ2n) is 3.45. The minimum atomic E-state index is -1.00. The Morgan fingerprint density at radius 2 is 2.19 bits per heavy atom. The number of aliphatic carboxylic acids is 1. The Labute approximate surface area is 92.1 Å². The summed E-state index contributed by atoms with van der Waals surface area (Å²) in [6, 6.07) is 2.41. The van der Waals surface area contributed by atoms with Gasteiger partial charge in [0.1, 0.15) is 17.7 Å². The summed E-state index contributed by atoms with van der Waals surface area (Å²) in [6.07, 6.45) is 0.396. The normalized spacial score (nSPS) is 12.4. The van der Waals surface area contributed by atoms with Gasteiger partial charge in [-0.3, -0.25) is 4.79 Å². The Hall–Kier alpha value is -1.49. The third-order valence-corrected chi connectivity index (χ3v) is 2.36. The van der Waals surface area contributed by atoms with Crippen molar-refractivity contribution in [1.29, 1.82) is 0 Å². The summed E-state index contributed by atoms with van der Waals surface area (Å²) >= 11 is 0. The molecule has 0 aliphatic carbocycles. The molecule has 1 aromatic carbocycles. The van der Waals surface area contributed by atoms with E-state index in [1.807, 2.05) is 0 Å². The van der Waals surface area contributed by atoms with E-state index in [1.54, 1.807) is 0 Å². The molecule has 1 aromatic rings. The van der Waals surface area contributed by atoms with Crippen LogP contribution in [0.4, 0.5) is 8.78 Å². The number of hydrogen-bond acceptors (Lipinski definition) is 2. The molecule has 0 bridgehead atoms. The number of carboxylic acids is 1. The lowest BCUT2D eigenvalue weighted by atomic mass is 10.0. The molecule has 0 aliphatic rings. The van der Waals surface area contributed by atoms with E-state index in [4.69, 9.17) is 5.11 Å². The first kappa shape index (κ1) is 12.6. The largest absolute Gasteiger partial charge is 0.480 e. The molecular weight excluding hydrogens is 216 g/mol. The Morgan fingerprint density at radius 1 is 1.50 bits per heavy atom. The van der Waals surface area contributed by atoms with Gasteiger partial charge >= 0.3 is 5.97 Å². The fourth-order valence-electron chi connectivity index (χ4n) is 1.43. The van der Waals surface area contributed by atoms with Crippen molar-refractivity contribution in [2.75, 3.05) is 7.05 Å². The Morgan fingerprint density at radius 3 is 2.75 bits per heavy atom. The van der Waals surface area contributed by atoms with Gasteiger partial charge in [0.05, 0.1) is 0 Å². The molecule has 0 spiro atoms. The number of aryl methyl sites for hydroxylation is 1. The molecule has 0 radical (unpaired) electrons. The van der Waals surface area contributed by atoms with Crippen LogP contribution in [0.15, 0.2) is 18.2 Å². The molecule has 0 fully saturated rings. The van der Waals surface area contributed by atoms with Crippen molar-refractivity contribution in [3.8, 4) is 0 Å². The van der Waals surface area contributed by atoms with Crippen LogP contribution in [0.2, 0.25) is 0 Å². The predicted molar refractivity (Wildman–Crippen MR) is 55.2 cm³/mol. The average molecular weight is 229 g/mol. The molecular formula is C11H13F2NO2. The van der Waals surface area contributed by atoms with E-state index in [0.29, 0.717) is 0 Å². The quantitative estimate of drug-likeness (QED) is 0.805. The molecule has 0 aliphatic heterocycles. The van der Waals surface area contributed by atoms with Gasteiger partial charge in [0.15, 0.2) is 0 Å². The van der Waals surface area contributed by atoms with Crippen molar-refractivity contribution < 1.29 is 18.7 Å². The second-order valence-corrected chi connectivity index (χ2v) is 3.45. The summed E-state index contributed by atoms with van der Waals surface area (Å²) in [5.74, 6) is -2.03. The van der Waals surface area contributed by atoms with Crippen LogP contribution in [-0.2, 0) is 11.2 Å². The first-order valence-electron chi connectivity index (χ1n) is 4.88. The smallest absolute Gasteiger partial charge is 0.320 e. The van der Waals surface area contributed by atoms with Crippen molar-refractivity contribution >= 4 is 5.97 Å². The van der Waals surface area contributed by atoms with Crippen molar-refractivity contribution in [2.24, 2.45) is 0 Å². The molecule has 0 amide bonds. The third kappa shape index (κ3) is 3.27. The molecule has 0 saturated carbocycles. The average Bonchev–Trinajstić information content (AvgIpc) is 2.23. The van der Waals surface area contributed by atoms with E-state index < -0.39 is 23.6 Å². The first-order chi connectivity index (χ1) is 7.54. The topological polar surface area (TPSA) is 49.3 Å². The molecule has 88 valence electrons. The zero-order valence-electron chi connectivity index (χ0n) is 8.84. The second kappa shape index (κ2) is 5.55. The highest BCUT2D eigenvalue weighted by atomic mass is 19.1. The molecule has 16 heavy (non-hydrogen) atoms. The van der Waals surface area contributed by atoms with Gasteiger partial charge in [-0.15, -0.1) is 0 Å². The zero-order chi connectivity index (χ0) is 12.1. The first-order valence-corrected chi connectivity index (χ1v) is 4.88. The van der Waals surface area contributed by atoms with Gasteiger partial charge in [-0.1, -0.05) is 0 Å². The molecule has 2 N–H and O–H groups in total. The van der Waals surface area contributed by atoms with Gasteiger partial charge in [0.25, 0.3) is 0 Å². The van der Waals surface area contributed by atoms with E-state index in [-0.39, 0.29) is 18.4 Å². The number of benzene rings is 1. The minimum absolute atomic E-state index is 0.182. The maximum atomic E-state index is 13.2. The standard InChI is InChI=1S/C11H13F2NO2/c1-14-10(11(15)16)5-2-7-6-8(12)3-4-9(7)13/h3-4,6,10,14H,2,5H2,1H3,(H,15,16). The van der Waals surface area contributed by atoms with Crippen molar-refractivity contribution in [2.45, 2.75) is 18.9 Å². The Balaban J connectivity index is 2.66. The highest BCUT2D eigenvalue weighted by molar-refractivity contribution is 5.73. The number of carbonyl (C=O) groups is 1. The van der Waals surface area contributed by atoms with E-state index >= 15 is 0 Å². The van der Waals surface area contributed by atoms with E-state index in [0.717, 1.165) is 18.2 Å². The minimum Gasteiger partial charge on any atom is -0.480 e. The molecule has 1 rings (SSSR count). The van der Waals surface area contributed by atoms with Crippen LogP contribution in [0.25, 0.3) is 0 Å². The Bertz CT molecular complexity index is 382. The van der Waals surface area contributed by atoms with E-state index in [9.17, 15) is 13.6 Å². The summed E-state index contributed by atoms with van der Waals surface area (Å²) in [7, 11) is 1.51. The number of nitrogens with one attached hydrogen (secondary N) is 1. The van der Waals surface area contributed by atoms with Crippen molar-refractivity contribution in [1.82, 2.24) is 5.32 Å². The Kier molecular flexibility index (Phi) is 4.37.